The van der Waals surface area contributed by atoms with Crippen LogP contribution in [0.25, 0.3) is 0 Å². The highest BCUT2D eigenvalue weighted by molar-refractivity contribution is 5.36. The number of nitro groups is 1. The lowest BCUT2D eigenvalue weighted by Crippen LogP contribution is -2.43. The lowest BCUT2D eigenvalue weighted by atomic mass is 10.1. The maximum absolute atomic E-state index is 10.4. The molecule has 0 saturated carbocycles. The first-order chi connectivity index (χ1) is 8.00. The molecule has 0 spiro atoms. The highest BCUT2D eigenvalue weighted by atomic mass is 16.6. The Morgan fingerprint density at radius 2 is 2.12 bits per heavy atom. The summed E-state index contributed by atoms with van der Waals surface area (Å²) in [6, 6.07) is 7.81. The van der Waals surface area contributed by atoms with E-state index in [1.54, 1.807) is 14.0 Å². The van der Waals surface area contributed by atoms with Crippen LogP contribution < -0.4 is 10.1 Å². The molecule has 6 nitrogen and oxygen atoms in total. The Kier molecular flexibility index (Phi) is 4.01. The van der Waals surface area contributed by atoms with Crippen LogP contribution in [0.2, 0.25) is 0 Å². The van der Waals surface area contributed by atoms with Crippen molar-refractivity contribution >= 4 is 5.69 Å². The van der Waals surface area contributed by atoms with Gasteiger partial charge in [0.2, 0.25) is 0 Å². The van der Waals surface area contributed by atoms with Crippen molar-refractivity contribution in [3.05, 3.63) is 34.4 Å². The zero-order valence-corrected chi connectivity index (χ0v) is 9.64. The molecule has 1 aromatic carbocycles. The van der Waals surface area contributed by atoms with E-state index in [0.29, 0.717) is 5.75 Å². The van der Waals surface area contributed by atoms with Gasteiger partial charge in [-0.05, 0) is 26.1 Å². The number of nitrogens with one attached hydrogen (secondary N) is 1. The van der Waals surface area contributed by atoms with Crippen LogP contribution in [-0.4, -0.2) is 24.1 Å². The van der Waals surface area contributed by atoms with Crippen molar-refractivity contribution in [1.29, 1.82) is 5.26 Å². The maximum Gasteiger partial charge on any atom is 0.269 e. The van der Waals surface area contributed by atoms with Gasteiger partial charge in [0.15, 0.2) is 0 Å². The Hall–Kier alpha value is -2.13. The summed E-state index contributed by atoms with van der Waals surface area (Å²) in [7, 11) is 1.67. The molecule has 0 amide bonds. The molecule has 1 atom stereocenters. The minimum atomic E-state index is -0.776. The van der Waals surface area contributed by atoms with Gasteiger partial charge in [-0.25, -0.2) is 0 Å². The number of hydrogen-bond acceptors (Lipinski definition) is 5. The number of rotatable bonds is 5. The van der Waals surface area contributed by atoms with Gasteiger partial charge in [-0.15, -0.1) is 0 Å². The molecule has 6 heteroatoms. The number of nitro benzene ring substituents is 1. The van der Waals surface area contributed by atoms with Crippen LogP contribution in [0.4, 0.5) is 5.69 Å². The first-order valence-corrected chi connectivity index (χ1v) is 4.98. The summed E-state index contributed by atoms with van der Waals surface area (Å²) < 4.78 is 5.38. The number of hydrogen-bond donors (Lipinski definition) is 1. The molecule has 1 rings (SSSR count). The number of benzene rings is 1. The Morgan fingerprint density at radius 3 is 2.53 bits per heavy atom. The Labute approximate surface area is 99.0 Å². The molecule has 0 aliphatic rings. The van der Waals surface area contributed by atoms with Gasteiger partial charge in [0.1, 0.15) is 17.9 Å². The van der Waals surface area contributed by atoms with Crippen molar-refractivity contribution in [3.63, 3.8) is 0 Å². The second-order valence-corrected chi connectivity index (χ2v) is 3.73. The van der Waals surface area contributed by atoms with Gasteiger partial charge in [0.25, 0.3) is 5.69 Å². The fourth-order valence-electron chi connectivity index (χ4n) is 1.05. The van der Waals surface area contributed by atoms with Gasteiger partial charge in [0.05, 0.1) is 11.0 Å². The zero-order valence-electron chi connectivity index (χ0n) is 9.64. The second kappa shape index (κ2) is 5.27. The molecule has 0 heterocycles. The van der Waals surface area contributed by atoms with Gasteiger partial charge in [-0.3, -0.25) is 15.4 Å². The van der Waals surface area contributed by atoms with Crippen LogP contribution in [0.3, 0.4) is 0 Å². The molecular weight excluding hydrogens is 222 g/mol. The molecule has 1 unspecified atom stereocenters. The molecule has 0 aromatic heterocycles. The molecule has 90 valence electrons. The fourth-order valence-corrected chi connectivity index (χ4v) is 1.05. The third-order valence-electron chi connectivity index (χ3n) is 2.37. The minimum Gasteiger partial charge on any atom is -0.491 e. The van der Waals surface area contributed by atoms with E-state index < -0.39 is 10.5 Å². The minimum absolute atomic E-state index is 0.00834. The standard InChI is InChI=1S/C11H13N3O3/c1-11(7-12,13-2)8-17-10-5-3-9(4-6-10)14(15)16/h3-6,13H,8H2,1-2H3. The second-order valence-electron chi connectivity index (χ2n) is 3.73. The first kappa shape index (κ1) is 12.9. The first-order valence-electron chi connectivity index (χ1n) is 4.98. The molecule has 1 N–H and O–H groups in total. The van der Waals surface area contributed by atoms with Gasteiger partial charge in [-0.1, -0.05) is 0 Å². The van der Waals surface area contributed by atoms with Crippen molar-refractivity contribution in [2.45, 2.75) is 12.5 Å². The Morgan fingerprint density at radius 1 is 1.53 bits per heavy atom. The van der Waals surface area contributed by atoms with Crippen molar-refractivity contribution in [3.8, 4) is 11.8 Å². The molecule has 0 aliphatic carbocycles. The lowest BCUT2D eigenvalue weighted by Gasteiger charge is -2.20. The third-order valence-corrected chi connectivity index (χ3v) is 2.37. The molecule has 1 aromatic rings. The monoisotopic (exact) mass is 235 g/mol. The van der Waals surface area contributed by atoms with Crippen LogP contribution in [0.1, 0.15) is 6.92 Å². The van der Waals surface area contributed by atoms with Crippen LogP contribution in [0, 0.1) is 21.4 Å². The molecule has 0 bridgehead atoms. The van der Waals surface area contributed by atoms with E-state index in [4.69, 9.17) is 10.00 Å². The molecule has 0 radical (unpaired) electrons. The SMILES string of the molecule is CNC(C)(C#N)COc1ccc([N+](=O)[O-])cc1. The van der Waals surface area contributed by atoms with E-state index >= 15 is 0 Å². The van der Waals surface area contributed by atoms with E-state index in [9.17, 15) is 10.1 Å². The molecule has 17 heavy (non-hydrogen) atoms. The van der Waals surface area contributed by atoms with E-state index in [0.717, 1.165) is 0 Å². The van der Waals surface area contributed by atoms with Gasteiger partial charge >= 0.3 is 0 Å². The average molecular weight is 235 g/mol. The Bertz CT molecular complexity index is 438. The molecule has 0 aliphatic heterocycles. The van der Waals surface area contributed by atoms with Crippen LogP contribution in [0.15, 0.2) is 24.3 Å². The summed E-state index contributed by atoms with van der Waals surface area (Å²) in [6.45, 7) is 1.87. The van der Waals surface area contributed by atoms with Gasteiger partial charge < -0.3 is 4.74 Å². The number of ether oxygens (including phenoxy) is 1. The summed E-state index contributed by atoms with van der Waals surface area (Å²) in [6.07, 6.45) is 0. The number of nitriles is 1. The smallest absolute Gasteiger partial charge is 0.269 e. The normalized spacial score (nSPS) is 13.5. The summed E-state index contributed by atoms with van der Waals surface area (Å²) >= 11 is 0. The number of nitrogens with zero attached hydrogens (tertiary/aromatic N) is 2. The number of likely N-dealkylation sites (N-methyl/N-ethyl adjacent to an activating group) is 1. The molecule has 0 saturated heterocycles. The van der Waals surface area contributed by atoms with Gasteiger partial charge in [-0.2, -0.15) is 5.26 Å². The fraction of sp³-hybridized carbons (Fsp3) is 0.364. The van der Waals surface area contributed by atoms with E-state index in [1.165, 1.54) is 24.3 Å². The van der Waals surface area contributed by atoms with Crippen LogP contribution >= 0.6 is 0 Å². The van der Waals surface area contributed by atoms with Crippen molar-refractivity contribution in [2.24, 2.45) is 0 Å². The summed E-state index contributed by atoms with van der Waals surface area (Å²) in [5.41, 5.74) is -0.768. The van der Waals surface area contributed by atoms with E-state index in [2.05, 4.69) is 11.4 Å². The van der Waals surface area contributed by atoms with Crippen molar-refractivity contribution in [1.82, 2.24) is 5.32 Å². The summed E-state index contributed by atoms with van der Waals surface area (Å²) in [5.74, 6) is 0.493. The zero-order chi connectivity index (χ0) is 12.9. The maximum atomic E-state index is 10.4. The topological polar surface area (TPSA) is 88.2 Å². The average Bonchev–Trinajstić information content (AvgIpc) is 2.36. The summed E-state index contributed by atoms with van der Waals surface area (Å²) in [5, 5.41) is 22.2. The van der Waals surface area contributed by atoms with Crippen molar-refractivity contribution < 1.29 is 9.66 Å². The number of non-ortho nitro benzene ring substituents is 1. The van der Waals surface area contributed by atoms with Crippen molar-refractivity contribution in [2.75, 3.05) is 13.7 Å². The van der Waals surface area contributed by atoms with E-state index in [-0.39, 0.29) is 12.3 Å². The van der Waals surface area contributed by atoms with Crippen LogP contribution in [-0.2, 0) is 0 Å². The summed E-state index contributed by atoms with van der Waals surface area (Å²) in [4.78, 5) is 9.96. The highest BCUT2D eigenvalue weighted by Crippen LogP contribution is 2.18. The van der Waals surface area contributed by atoms with Crippen LogP contribution in [0.5, 0.6) is 5.75 Å². The van der Waals surface area contributed by atoms with Gasteiger partial charge in [0, 0.05) is 12.1 Å². The predicted molar refractivity (Wildman–Crippen MR) is 61.7 cm³/mol. The predicted octanol–water partition coefficient (Wildman–Crippen LogP) is 1.48. The quantitative estimate of drug-likeness (QED) is 0.616. The third kappa shape index (κ3) is 3.43. The highest BCUT2D eigenvalue weighted by Gasteiger charge is 2.22. The lowest BCUT2D eigenvalue weighted by molar-refractivity contribution is -0.384. The van der Waals surface area contributed by atoms with E-state index in [1.807, 2.05) is 0 Å². The molecule has 0 fully saturated rings. The largest absolute Gasteiger partial charge is 0.491 e. The Balaban J connectivity index is 2.65. The molecular formula is C11H13N3O3.